The minimum Gasteiger partial charge on any atom is -0.384 e. The highest BCUT2D eigenvalue weighted by molar-refractivity contribution is 7.80. The zero-order valence-corrected chi connectivity index (χ0v) is 10.1. The molecule has 0 heterocycles. The van der Waals surface area contributed by atoms with Crippen LogP contribution in [0.25, 0.3) is 0 Å². The van der Waals surface area contributed by atoms with Gasteiger partial charge in [-0.1, -0.05) is 38.1 Å². The highest BCUT2D eigenvalue weighted by Gasteiger charge is 2.19. The molecule has 0 atom stereocenters. The Labute approximate surface area is 96.8 Å². The van der Waals surface area contributed by atoms with Gasteiger partial charge in [0.1, 0.15) is 5.84 Å². The molecular formula is C12H18N2S. The van der Waals surface area contributed by atoms with E-state index in [1.807, 2.05) is 24.3 Å². The average molecular weight is 222 g/mol. The minimum absolute atomic E-state index is 0.119. The smallest absolute Gasteiger partial charge is 0.122 e. The molecule has 0 bridgehead atoms. The van der Waals surface area contributed by atoms with Crippen molar-refractivity contribution in [3.63, 3.8) is 0 Å². The summed E-state index contributed by atoms with van der Waals surface area (Å²) in [6.45, 7) is 4.40. The maximum atomic E-state index is 7.31. The van der Waals surface area contributed by atoms with Gasteiger partial charge >= 0.3 is 0 Å². The first-order chi connectivity index (χ1) is 6.97. The number of nitrogens with one attached hydrogen (secondary N) is 1. The van der Waals surface area contributed by atoms with E-state index in [4.69, 9.17) is 11.1 Å². The molecule has 0 saturated heterocycles. The van der Waals surface area contributed by atoms with Crippen LogP contribution in [0.15, 0.2) is 24.3 Å². The SMILES string of the molecule is CC(C)(CCS)c1ccc(C(=N)N)cc1. The monoisotopic (exact) mass is 222 g/mol. The predicted octanol–water partition coefficient (Wildman–Crippen LogP) is 2.57. The van der Waals surface area contributed by atoms with E-state index >= 15 is 0 Å². The highest BCUT2D eigenvalue weighted by atomic mass is 32.1. The Morgan fingerprint density at radius 3 is 2.27 bits per heavy atom. The summed E-state index contributed by atoms with van der Waals surface area (Å²) in [4.78, 5) is 0. The molecule has 0 unspecified atom stereocenters. The molecule has 0 aromatic heterocycles. The van der Waals surface area contributed by atoms with Crippen molar-refractivity contribution in [3.8, 4) is 0 Å². The Kier molecular flexibility index (Phi) is 3.80. The third-order valence-corrected chi connectivity index (χ3v) is 2.94. The van der Waals surface area contributed by atoms with Crippen LogP contribution in [0.1, 0.15) is 31.4 Å². The van der Waals surface area contributed by atoms with E-state index in [9.17, 15) is 0 Å². The van der Waals surface area contributed by atoms with Crippen molar-refractivity contribution in [1.82, 2.24) is 0 Å². The van der Waals surface area contributed by atoms with Crippen molar-refractivity contribution >= 4 is 18.5 Å². The Balaban J connectivity index is 2.93. The van der Waals surface area contributed by atoms with Crippen LogP contribution in [-0.4, -0.2) is 11.6 Å². The van der Waals surface area contributed by atoms with Crippen molar-refractivity contribution in [2.45, 2.75) is 25.7 Å². The van der Waals surface area contributed by atoms with Crippen LogP contribution in [0.2, 0.25) is 0 Å². The van der Waals surface area contributed by atoms with Crippen molar-refractivity contribution in [2.24, 2.45) is 5.73 Å². The topological polar surface area (TPSA) is 49.9 Å². The average Bonchev–Trinajstić information content (AvgIpc) is 2.18. The second-order valence-electron chi connectivity index (χ2n) is 4.35. The Morgan fingerprint density at radius 1 is 1.33 bits per heavy atom. The van der Waals surface area contributed by atoms with E-state index in [1.54, 1.807) is 0 Å². The van der Waals surface area contributed by atoms with Crippen LogP contribution in [0, 0.1) is 5.41 Å². The van der Waals surface area contributed by atoms with Gasteiger partial charge in [-0.3, -0.25) is 5.41 Å². The van der Waals surface area contributed by atoms with Gasteiger partial charge in [-0.2, -0.15) is 12.6 Å². The standard InChI is InChI=1S/C12H18N2S/c1-12(2,7-8-15)10-5-3-9(4-6-10)11(13)14/h3-6,15H,7-8H2,1-2H3,(H3,13,14). The summed E-state index contributed by atoms with van der Waals surface area (Å²) in [6.07, 6.45) is 1.04. The van der Waals surface area contributed by atoms with Crippen LogP contribution in [0.5, 0.6) is 0 Å². The molecule has 3 heteroatoms. The van der Waals surface area contributed by atoms with Crippen LogP contribution in [-0.2, 0) is 5.41 Å². The molecule has 3 N–H and O–H groups in total. The third kappa shape index (κ3) is 2.99. The number of nitrogen functional groups attached to an aromatic ring is 1. The van der Waals surface area contributed by atoms with Crippen LogP contribution in [0.4, 0.5) is 0 Å². The van der Waals surface area contributed by atoms with E-state index in [0.29, 0.717) is 0 Å². The zero-order chi connectivity index (χ0) is 11.5. The lowest BCUT2D eigenvalue weighted by molar-refractivity contribution is 0.511. The fourth-order valence-electron chi connectivity index (χ4n) is 1.52. The largest absolute Gasteiger partial charge is 0.384 e. The number of benzene rings is 1. The van der Waals surface area contributed by atoms with Crippen LogP contribution < -0.4 is 5.73 Å². The summed E-state index contributed by atoms with van der Waals surface area (Å²) < 4.78 is 0. The number of amidine groups is 1. The molecule has 0 fully saturated rings. The van der Waals surface area contributed by atoms with Gasteiger partial charge in [0.2, 0.25) is 0 Å². The van der Waals surface area contributed by atoms with Gasteiger partial charge in [0.25, 0.3) is 0 Å². The Bertz CT molecular complexity index is 341. The van der Waals surface area contributed by atoms with Gasteiger partial charge in [0, 0.05) is 5.56 Å². The highest BCUT2D eigenvalue weighted by Crippen LogP contribution is 2.27. The summed E-state index contributed by atoms with van der Waals surface area (Å²) >= 11 is 4.26. The lowest BCUT2D eigenvalue weighted by atomic mass is 9.82. The quantitative estimate of drug-likeness (QED) is 0.409. The van der Waals surface area contributed by atoms with Crippen LogP contribution in [0.3, 0.4) is 0 Å². The van der Waals surface area contributed by atoms with Gasteiger partial charge in [-0.15, -0.1) is 0 Å². The molecule has 2 nitrogen and oxygen atoms in total. The third-order valence-electron chi connectivity index (χ3n) is 2.71. The summed E-state index contributed by atoms with van der Waals surface area (Å²) in [6, 6.07) is 7.89. The second kappa shape index (κ2) is 4.71. The number of rotatable bonds is 4. The lowest BCUT2D eigenvalue weighted by Crippen LogP contribution is -2.18. The zero-order valence-electron chi connectivity index (χ0n) is 9.25. The van der Waals surface area contributed by atoms with Crippen molar-refractivity contribution in [3.05, 3.63) is 35.4 Å². The van der Waals surface area contributed by atoms with Crippen molar-refractivity contribution in [2.75, 3.05) is 5.75 Å². The molecule has 1 aromatic rings. The van der Waals surface area contributed by atoms with E-state index in [-0.39, 0.29) is 11.3 Å². The van der Waals surface area contributed by atoms with Crippen molar-refractivity contribution in [1.29, 1.82) is 5.41 Å². The summed E-state index contributed by atoms with van der Waals surface area (Å²) in [7, 11) is 0. The van der Waals surface area contributed by atoms with Crippen molar-refractivity contribution < 1.29 is 0 Å². The normalized spacial score (nSPS) is 11.4. The second-order valence-corrected chi connectivity index (χ2v) is 4.80. The molecular weight excluding hydrogens is 204 g/mol. The Morgan fingerprint density at radius 2 is 1.87 bits per heavy atom. The van der Waals surface area contributed by atoms with Gasteiger partial charge in [0.05, 0.1) is 0 Å². The number of hydrogen-bond acceptors (Lipinski definition) is 2. The maximum Gasteiger partial charge on any atom is 0.122 e. The molecule has 0 saturated carbocycles. The van der Waals surface area contributed by atoms with E-state index in [1.165, 1.54) is 5.56 Å². The first-order valence-corrected chi connectivity index (χ1v) is 5.66. The maximum absolute atomic E-state index is 7.31. The number of hydrogen-bond donors (Lipinski definition) is 3. The predicted molar refractivity (Wildman–Crippen MR) is 69.0 cm³/mol. The lowest BCUT2D eigenvalue weighted by Gasteiger charge is -2.24. The van der Waals surface area contributed by atoms with Gasteiger partial charge in [-0.05, 0) is 23.2 Å². The molecule has 15 heavy (non-hydrogen) atoms. The number of thiol groups is 1. The molecule has 1 aromatic carbocycles. The summed E-state index contributed by atoms with van der Waals surface area (Å²) in [5.74, 6) is 0.995. The fourth-order valence-corrected chi connectivity index (χ4v) is 2.08. The first kappa shape index (κ1) is 12.1. The molecule has 0 aliphatic heterocycles. The summed E-state index contributed by atoms with van der Waals surface area (Å²) in [5.41, 5.74) is 7.58. The molecule has 1 rings (SSSR count). The molecule has 0 aliphatic rings. The van der Waals surface area contributed by atoms with Gasteiger partial charge in [-0.25, -0.2) is 0 Å². The summed E-state index contributed by atoms with van der Waals surface area (Å²) in [5, 5.41) is 7.31. The van der Waals surface area contributed by atoms with E-state index in [2.05, 4.69) is 26.5 Å². The Hall–Kier alpha value is -0.960. The number of nitrogens with two attached hydrogens (primary N) is 1. The molecule has 82 valence electrons. The fraction of sp³-hybridized carbons (Fsp3) is 0.417. The van der Waals surface area contributed by atoms with E-state index in [0.717, 1.165) is 17.7 Å². The van der Waals surface area contributed by atoms with Gasteiger partial charge < -0.3 is 5.73 Å². The molecule has 0 aliphatic carbocycles. The molecule has 0 spiro atoms. The van der Waals surface area contributed by atoms with Crippen LogP contribution >= 0.6 is 12.6 Å². The molecule has 0 radical (unpaired) electrons. The molecule has 0 amide bonds. The van der Waals surface area contributed by atoms with Gasteiger partial charge in [0.15, 0.2) is 0 Å². The first-order valence-electron chi connectivity index (χ1n) is 5.03. The van der Waals surface area contributed by atoms with E-state index < -0.39 is 0 Å². The minimum atomic E-state index is 0.119.